The Hall–Kier alpha value is -1.45. The molecule has 98 valence electrons. The van der Waals surface area contributed by atoms with E-state index >= 15 is 0 Å². The van der Waals surface area contributed by atoms with Gasteiger partial charge < -0.3 is 5.11 Å². The Morgan fingerprint density at radius 3 is 2.37 bits per heavy atom. The number of carboxylic acids is 1. The van der Waals surface area contributed by atoms with Crippen molar-refractivity contribution in [1.82, 2.24) is 0 Å². The molecule has 0 fully saturated rings. The third-order valence-corrected chi connectivity index (χ3v) is 4.34. The Labute approximate surface area is 121 Å². The summed E-state index contributed by atoms with van der Waals surface area (Å²) in [7, 11) is 0. The SMILES string of the molecule is O=C(O)C(SCc1ccccc1Cl)c1ccccc1. The van der Waals surface area contributed by atoms with Crippen molar-refractivity contribution < 1.29 is 9.90 Å². The van der Waals surface area contributed by atoms with E-state index < -0.39 is 11.2 Å². The molecule has 19 heavy (non-hydrogen) atoms. The molecule has 0 saturated heterocycles. The monoisotopic (exact) mass is 292 g/mol. The van der Waals surface area contributed by atoms with E-state index in [0.29, 0.717) is 10.8 Å². The first kappa shape index (κ1) is 14.0. The van der Waals surface area contributed by atoms with Crippen LogP contribution < -0.4 is 0 Å². The summed E-state index contributed by atoms with van der Waals surface area (Å²) < 4.78 is 0. The lowest BCUT2D eigenvalue weighted by molar-refractivity contribution is -0.136. The highest BCUT2D eigenvalue weighted by Crippen LogP contribution is 2.33. The lowest BCUT2D eigenvalue weighted by Crippen LogP contribution is -2.08. The van der Waals surface area contributed by atoms with Gasteiger partial charge in [-0.2, -0.15) is 0 Å². The maximum Gasteiger partial charge on any atom is 0.321 e. The fourth-order valence-corrected chi connectivity index (χ4v) is 3.10. The Morgan fingerprint density at radius 1 is 1.11 bits per heavy atom. The number of carbonyl (C=O) groups is 1. The molecule has 0 spiro atoms. The van der Waals surface area contributed by atoms with Crippen LogP contribution in [0.3, 0.4) is 0 Å². The fourth-order valence-electron chi connectivity index (χ4n) is 1.73. The first-order valence-electron chi connectivity index (χ1n) is 5.81. The quantitative estimate of drug-likeness (QED) is 0.887. The molecule has 0 aliphatic rings. The van der Waals surface area contributed by atoms with Crippen molar-refractivity contribution in [3.05, 3.63) is 70.7 Å². The van der Waals surface area contributed by atoms with Gasteiger partial charge in [0.15, 0.2) is 0 Å². The molecule has 1 unspecified atom stereocenters. The van der Waals surface area contributed by atoms with E-state index in [1.165, 1.54) is 11.8 Å². The van der Waals surface area contributed by atoms with E-state index in [-0.39, 0.29) is 0 Å². The highest BCUT2D eigenvalue weighted by Gasteiger charge is 2.20. The van der Waals surface area contributed by atoms with Gasteiger partial charge in [-0.1, -0.05) is 60.1 Å². The van der Waals surface area contributed by atoms with Gasteiger partial charge in [0.2, 0.25) is 0 Å². The van der Waals surface area contributed by atoms with Gasteiger partial charge in [-0.25, -0.2) is 0 Å². The van der Waals surface area contributed by atoms with Crippen LogP contribution in [-0.2, 0) is 10.5 Å². The van der Waals surface area contributed by atoms with E-state index in [1.54, 1.807) is 0 Å². The average molecular weight is 293 g/mol. The Balaban J connectivity index is 2.11. The highest BCUT2D eigenvalue weighted by atomic mass is 35.5. The van der Waals surface area contributed by atoms with E-state index in [4.69, 9.17) is 11.6 Å². The van der Waals surface area contributed by atoms with Gasteiger partial charge in [0.1, 0.15) is 5.25 Å². The molecular weight excluding hydrogens is 280 g/mol. The van der Waals surface area contributed by atoms with Gasteiger partial charge in [0.25, 0.3) is 0 Å². The summed E-state index contributed by atoms with van der Waals surface area (Å²) in [4.78, 5) is 11.4. The Morgan fingerprint density at radius 2 is 1.74 bits per heavy atom. The molecule has 4 heteroatoms. The molecule has 0 saturated carbocycles. The van der Waals surface area contributed by atoms with Crippen molar-refractivity contribution in [3.63, 3.8) is 0 Å². The summed E-state index contributed by atoms with van der Waals surface area (Å²) in [6.45, 7) is 0. The predicted octanol–water partition coefficient (Wildman–Crippen LogP) is 4.40. The number of carboxylic acid groups (broad SMARTS) is 1. The standard InChI is InChI=1S/C15H13ClO2S/c16-13-9-5-4-8-12(13)10-19-14(15(17)18)11-6-2-1-3-7-11/h1-9,14H,10H2,(H,17,18). The van der Waals surface area contributed by atoms with E-state index in [0.717, 1.165) is 11.1 Å². The fraction of sp³-hybridized carbons (Fsp3) is 0.133. The second kappa shape index (κ2) is 6.64. The summed E-state index contributed by atoms with van der Waals surface area (Å²) >= 11 is 7.44. The molecule has 2 aromatic carbocycles. The largest absolute Gasteiger partial charge is 0.480 e. The van der Waals surface area contributed by atoms with Gasteiger partial charge in [-0.15, -0.1) is 11.8 Å². The number of rotatable bonds is 5. The van der Waals surface area contributed by atoms with Gasteiger partial charge in [-0.3, -0.25) is 4.79 Å². The molecule has 0 bridgehead atoms. The van der Waals surface area contributed by atoms with Crippen LogP contribution in [0.5, 0.6) is 0 Å². The number of aliphatic carboxylic acids is 1. The molecule has 1 N–H and O–H groups in total. The van der Waals surface area contributed by atoms with Crippen LogP contribution in [0.25, 0.3) is 0 Å². The molecule has 2 aromatic rings. The van der Waals surface area contributed by atoms with Crippen LogP contribution in [0.15, 0.2) is 54.6 Å². The third kappa shape index (κ3) is 3.75. The van der Waals surface area contributed by atoms with Gasteiger partial charge in [0.05, 0.1) is 0 Å². The molecule has 0 aliphatic carbocycles. The van der Waals surface area contributed by atoms with E-state index in [9.17, 15) is 9.90 Å². The van der Waals surface area contributed by atoms with Crippen molar-refractivity contribution in [2.75, 3.05) is 0 Å². The number of benzene rings is 2. The number of halogens is 1. The van der Waals surface area contributed by atoms with Crippen molar-refractivity contribution >= 4 is 29.3 Å². The second-order valence-corrected chi connectivity index (χ2v) is 5.53. The third-order valence-electron chi connectivity index (χ3n) is 2.69. The number of hydrogen-bond donors (Lipinski definition) is 1. The Kier molecular flexibility index (Phi) is 4.88. The predicted molar refractivity (Wildman–Crippen MR) is 79.6 cm³/mol. The summed E-state index contributed by atoms with van der Waals surface area (Å²) in [6, 6.07) is 16.7. The minimum atomic E-state index is -0.830. The molecule has 1 atom stereocenters. The molecule has 0 amide bonds. The van der Waals surface area contributed by atoms with Crippen LogP contribution in [-0.4, -0.2) is 11.1 Å². The van der Waals surface area contributed by atoms with Gasteiger partial charge in [-0.05, 0) is 17.2 Å². The number of hydrogen-bond acceptors (Lipinski definition) is 2. The number of thioether (sulfide) groups is 1. The first-order valence-corrected chi connectivity index (χ1v) is 7.24. The molecule has 0 aliphatic heterocycles. The second-order valence-electron chi connectivity index (χ2n) is 4.03. The molecule has 2 nitrogen and oxygen atoms in total. The lowest BCUT2D eigenvalue weighted by atomic mass is 10.1. The topological polar surface area (TPSA) is 37.3 Å². The van der Waals surface area contributed by atoms with Crippen LogP contribution >= 0.6 is 23.4 Å². The van der Waals surface area contributed by atoms with Crippen molar-refractivity contribution in [3.8, 4) is 0 Å². The van der Waals surface area contributed by atoms with E-state index in [2.05, 4.69) is 0 Å². The average Bonchev–Trinajstić information content (AvgIpc) is 2.42. The van der Waals surface area contributed by atoms with Crippen molar-refractivity contribution in [2.45, 2.75) is 11.0 Å². The Bertz CT molecular complexity index is 557. The zero-order valence-electron chi connectivity index (χ0n) is 10.1. The minimum Gasteiger partial charge on any atom is -0.480 e. The minimum absolute atomic E-state index is 0.572. The molecule has 0 heterocycles. The van der Waals surface area contributed by atoms with Crippen molar-refractivity contribution in [2.24, 2.45) is 0 Å². The summed E-state index contributed by atoms with van der Waals surface area (Å²) in [5.74, 6) is -0.255. The van der Waals surface area contributed by atoms with Crippen LogP contribution in [0.1, 0.15) is 16.4 Å². The summed E-state index contributed by atoms with van der Waals surface area (Å²) in [5.41, 5.74) is 1.75. The molecule has 2 rings (SSSR count). The molecular formula is C15H13ClO2S. The van der Waals surface area contributed by atoms with E-state index in [1.807, 2.05) is 54.6 Å². The lowest BCUT2D eigenvalue weighted by Gasteiger charge is -2.13. The van der Waals surface area contributed by atoms with Gasteiger partial charge in [0, 0.05) is 10.8 Å². The van der Waals surface area contributed by atoms with Crippen LogP contribution in [0, 0.1) is 0 Å². The summed E-state index contributed by atoms with van der Waals surface area (Å²) in [6.07, 6.45) is 0. The summed E-state index contributed by atoms with van der Waals surface area (Å²) in [5, 5.41) is 9.42. The maximum atomic E-state index is 11.4. The van der Waals surface area contributed by atoms with Crippen LogP contribution in [0.4, 0.5) is 0 Å². The molecule has 0 aromatic heterocycles. The zero-order valence-corrected chi connectivity index (χ0v) is 11.7. The molecule has 0 radical (unpaired) electrons. The smallest absolute Gasteiger partial charge is 0.321 e. The van der Waals surface area contributed by atoms with Crippen LogP contribution in [0.2, 0.25) is 5.02 Å². The maximum absolute atomic E-state index is 11.4. The first-order chi connectivity index (χ1) is 9.18. The normalized spacial score (nSPS) is 12.1. The van der Waals surface area contributed by atoms with Gasteiger partial charge >= 0.3 is 5.97 Å². The van der Waals surface area contributed by atoms with Crippen molar-refractivity contribution in [1.29, 1.82) is 0 Å². The zero-order chi connectivity index (χ0) is 13.7. The highest BCUT2D eigenvalue weighted by molar-refractivity contribution is 7.99.